The smallest absolute Gasteiger partial charge is 0.211 e. The van der Waals surface area contributed by atoms with Gasteiger partial charge in [-0.25, -0.2) is 17.5 Å². The summed E-state index contributed by atoms with van der Waals surface area (Å²) < 4.78 is 38.9. The van der Waals surface area contributed by atoms with Gasteiger partial charge in [0.05, 0.1) is 4.90 Å². The zero-order valence-corrected chi connectivity index (χ0v) is 10.8. The average Bonchev–Trinajstić information content (AvgIpc) is 2.17. The average molecular weight is 308 g/mol. The summed E-state index contributed by atoms with van der Waals surface area (Å²) in [4.78, 5) is 0.0259. The molecule has 0 aliphatic rings. The first-order valence-corrected chi connectivity index (χ1v) is 6.80. The van der Waals surface area contributed by atoms with Crippen molar-refractivity contribution in [1.82, 2.24) is 4.72 Å². The van der Waals surface area contributed by atoms with Gasteiger partial charge in [0.25, 0.3) is 0 Å². The van der Waals surface area contributed by atoms with Crippen molar-refractivity contribution in [3.8, 4) is 0 Å². The number of rotatable bonds is 5. The number of benzene rings is 1. The maximum Gasteiger partial charge on any atom is 0.241 e. The highest BCUT2D eigenvalue weighted by Gasteiger charge is 2.16. The van der Waals surface area contributed by atoms with Crippen LogP contribution >= 0.6 is 15.9 Å². The van der Waals surface area contributed by atoms with Crippen molar-refractivity contribution in [2.45, 2.75) is 11.3 Å². The molecule has 0 aliphatic carbocycles. The molecule has 88 valence electrons. The van der Waals surface area contributed by atoms with Crippen LogP contribution in [0.4, 0.5) is 4.39 Å². The second-order valence-electron chi connectivity index (χ2n) is 3.05. The minimum absolute atomic E-state index is 0.0259. The molecule has 0 fully saturated rings. The van der Waals surface area contributed by atoms with E-state index in [0.29, 0.717) is 6.42 Å². The van der Waals surface area contributed by atoms with Crippen LogP contribution in [-0.4, -0.2) is 15.0 Å². The Labute approximate surface area is 103 Å². The molecule has 0 saturated carbocycles. The van der Waals surface area contributed by atoms with Gasteiger partial charge < -0.3 is 0 Å². The molecule has 0 aromatic heterocycles. The van der Waals surface area contributed by atoms with Crippen LogP contribution in [0.3, 0.4) is 0 Å². The first-order valence-electron chi connectivity index (χ1n) is 4.53. The summed E-state index contributed by atoms with van der Waals surface area (Å²) in [5.41, 5.74) is 0. The monoisotopic (exact) mass is 307 g/mol. The zero-order chi connectivity index (χ0) is 12.2. The minimum atomic E-state index is -3.59. The molecule has 0 aliphatic heterocycles. The lowest BCUT2D eigenvalue weighted by Crippen LogP contribution is -2.24. The van der Waals surface area contributed by atoms with Gasteiger partial charge in [-0.2, -0.15) is 0 Å². The third kappa shape index (κ3) is 3.40. The Morgan fingerprint density at radius 1 is 1.50 bits per heavy atom. The Morgan fingerprint density at radius 3 is 2.75 bits per heavy atom. The van der Waals surface area contributed by atoms with Gasteiger partial charge in [-0.15, -0.1) is 6.58 Å². The largest absolute Gasteiger partial charge is 0.241 e. The van der Waals surface area contributed by atoms with Crippen LogP contribution < -0.4 is 4.72 Å². The lowest BCUT2D eigenvalue weighted by molar-refractivity contribution is 0.580. The molecular weight excluding hydrogens is 297 g/mol. The summed E-state index contributed by atoms with van der Waals surface area (Å²) in [6, 6.07) is 3.44. The first kappa shape index (κ1) is 13.3. The fourth-order valence-electron chi connectivity index (χ4n) is 1.07. The molecule has 16 heavy (non-hydrogen) atoms. The molecule has 0 radical (unpaired) electrons. The minimum Gasteiger partial charge on any atom is -0.211 e. The van der Waals surface area contributed by atoms with Crippen LogP contribution in [0.5, 0.6) is 0 Å². The van der Waals surface area contributed by atoms with Gasteiger partial charge in [0, 0.05) is 11.0 Å². The number of sulfonamides is 1. The lowest BCUT2D eigenvalue weighted by atomic mass is 10.3. The summed E-state index contributed by atoms with van der Waals surface area (Å²) in [7, 11) is -3.59. The SMILES string of the molecule is C=CCCNS(=O)(=O)c1ccc(F)cc1Br. The van der Waals surface area contributed by atoms with E-state index in [4.69, 9.17) is 0 Å². The maximum atomic E-state index is 12.8. The molecule has 0 amide bonds. The van der Waals surface area contributed by atoms with E-state index in [2.05, 4.69) is 27.2 Å². The van der Waals surface area contributed by atoms with Crippen molar-refractivity contribution in [3.05, 3.63) is 41.1 Å². The topological polar surface area (TPSA) is 46.2 Å². The Hall–Kier alpha value is -0.720. The van der Waals surface area contributed by atoms with Gasteiger partial charge in [-0.1, -0.05) is 6.08 Å². The predicted octanol–water partition coefficient (Wildman–Crippen LogP) is 2.44. The van der Waals surface area contributed by atoms with Crippen molar-refractivity contribution in [1.29, 1.82) is 0 Å². The Morgan fingerprint density at radius 2 is 2.19 bits per heavy atom. The summed E-state index contributed by atoms with van der Waals surface area (Å²) in [6.45, 7) is 3.76. The molecule has 0 spiro atoms. The van der Waals surface area contributed by atoms with Crippen LogP contribution in [0.1, 0.15) is 6.42 Å². The van der Waals surface area contributed by atoms with E-state index in [0.717, 1.165) is 12.1 Å². The Kier molecular flexibility index (Phi) is 4.64. The summed E-state index contributed by atoms with van der Waals surface area (Å²) in [6.07, 6.45) is 2.15. The molecule has 0 heterocycles. The zero-order valence-electron chi connectivity index (χ0n) is 8.41. The number of hydrogen-bond donors (Lipinski definition) is 1. The van der Waals surface area contributed by atoms with E-state index < -0.39 is 15.8 Å². The maximum absolute atomic E-state index is 12.8. The van der Waals surface area contributed by atoms with Gasteiger partial charge in [0.15, 0.2) is 0 Å². The van der Waals surface area contributed by atoms with E-state index in [-0.39, 0.29) is 15.9 Å². The van der Waals surface area contributed by atoms with Crippen molar-refractivity contribution in [2.24, 2.45) is 0 Å². The molecule has 0 saturated heterocycles. The quantitative estimate of drug-likeness (QED) is 0.671. The molecule has 1 aromatic carbocycles. The summed E-state index contributed by atoms with van der Waals surface area (Å²) >= 11 is 3.01. The summed E-state index contributed by atoms with van der Waals surface area (Å²) in [5, 5.41) is 0. The number of halogens is 2. The van der Waals surface area contributed by atoms with E-state index in [1.165, 1.54) is 6.07 Å². The summed E-state index contributed by atoms with van der Waals surface area (Å²) in [5.74, 6) is -0.489. The third-order valence-corrected chi connectivity index (χ3v) is 4.26. The van der Waals surface area contributed by atoms with Crippen LogP contribution in [0.2, 0.25) is 0 Å². The van der Waals surface area contributed by atoms with Crippen LogP contribution in [0, 0.1) is 5.82 Å². The third-order valence-electron chi connectivity index (χ3n) is 1.82. The molecule has 0 unspecified atom stereocenters. The fraction of sp³-hybridized carbons (Fsp3) is 0.200. The molecule has 0 atom stereocenters. The van der Waals surface area contributed by atoms with Gasteiger partial charge in [0.2, 0.25) is 10.0 Å². The molecule has 1 aromatic rings. The second kappa shape index (κ2) is 5.56. The highest BCUT2D eigenvalue weighted by Crippen LogP contribution is 2.22. The van der Waals surface area contributed by atoms with Gasteiger partial charge in [-0.3, -0.25) is 0 Å². The van der Waals surface area contributed by atoms with Gasteiger partial charge in [-0.05, 0) is 40.5 Å². The van der Waals surface area contributed by atoms with Crippen molar-refractivity contribution in [3.63, 3.8) is 0 Å². The van der Waals surface area contributed by atoms with Crippen LogP contribution in [0.15, 0.2) is 40.2 Å². The normalized spacial score (nSPS) is 11.4. The number of hydrogen-bond acceptors (Lipinski definition) is 2. The Bertz CT molecular complexity index is 488. The molecule has 1 rings (SSSR count). The lowest BCUT2D eigenvalue weighted by Gasteiger charge is -2.07. The fourth-order valence-corrected chi connectivity index (χ4v) is 3.16. The van der Waals surface area contributed by atoms with Crippen molar-refractivity contribution < 1.29 is 12.8 Å². The van der Waals surface area contributed by atoms with Gasteiger partial charge >= 0.3 is 0 Å². The molecular formula is C10H11BrFNO2S. The predicted molar refractivity (Wildman–Crippen MR) is 64.1 cm³/mol. The molecule has 3 nitrogen and oxygen atoms in total. The molecule has 6 heteroatoms. The highest BCUT2D eigenvalue weighted by molar-refractivity contribution is 9.10. The van der Waals surface area contributed by atoms with Gasteiger partial charge in [0.1, 0.15) is 5.82 Å². The molecule has 1 N–H and O–H groups in total. The van der Waals surface area contributed by atoms with E-state index in [1.54, 1.807) is 6.08 Å². The Balaban J connectivity index is 2.94. The molecule has 0 bridgehead atoms. The standard InChI is InChI=1S/C10H11BrFNO2S/c1-2-3-6-13-16(14,15)10-5-4-8(12)7-9(10)11/h2,4-5,7,13H,1,3,6H2. The van der Waals surface area contributed by atoms with Crippen LogP contribution in [0.25, 0.3) is 0 Å². The van der Waals surface area contributed by atoms with E-state index >= 15 is 0 Å². The van der Waals surface area contributed by atoms with Crippen LogP contribution in [-0.2, 0) is 10.0 Å². The van der Waals surface area contributed by atoms with Crippen molar-refractivity contribution in [2.75, 3.05) is 6.54 Å². The van der Waals surface area contributed by atoms with Crippen molar-refractivity contribution >= 4 is 26.0 Å². The first-order chi connectivity index (χ1) is 7.47. The van der Waals surface area contributed by atoms with E-state index in [1.807, 2.05) is 0 Å². The second-order valence-corrected chi connectivity index (χ2v) is 5.64. The van der Waals surface area contributed by atoms with E-state index in [9.17, 15) is 12.8 Å². The number of nitrogens with one attached hydrogen (secondary N) is 1. The highest BCUT2D eigenvalue weighted by atomic mass is 79.9.